The summed E-state index contributed by atoms with van der Waals surface area (Å²) in [6.45, 7) is 0.609. The van der Waals surface area contributed by atoms with E-state index in [1.54, 1.807) is 0 Å². The van der Waals surface area contributed by atoms with Crippen LogP contribution in [0.5, 0.6) is 5.75 Å². The third-order valence-electron chi connectivity index (χ3n) is 5.77. The van der Waals surface area contributed by atoms with Gasteiger partial charge in [-0.3, -0.25) is 4.79 Å². The summed E-state index contributed by atoms with van der Waals surface area (Å²) in [4.78, 5) is 24.5. The fourth-order valence-corrected chi connectivity index (χ4v) is 4.41. The molecule has 0 spiro atoms. The van der Waals surface area contributed by atoms with Crippen LogP contribution in [0.2, 0.25) is 0 Å². The lowest BCUT2D eigenvalue weighted by Gasteiger charge is -2.29. The molecule has 0 heterocycles. The standard InChI is InChI=1S/C20H25F2NO4/c1-11(17-10-13-3-4-15(17)9-13)23-18(24)12(2)26-19(25)14-5-7-16(8-6-14)27-20(21)22/h5-8,11-13,15,17,20H,3-4,9-10H2,1-2H3,(H,23,24)/t11-,12+,13-,15-,17+/m1/s1. The molecule has 2 saturated carbocycles. The van der Waals surface area contributed by atoms with Crippen LogP contribution in [0.3, 0.4) is 0 Å². The molecule has 5 atom stereocenters. The number of carbonyl (C=O) groups is 2. The summed E-state index contributed by atoms with van der Waals surface area (Å²) in [5.41, 5.74) is 0.164. The fraction of sp³-hybridized carbons (Fsp3) is 0.600. The minimum absolute atomic E-state index is 0.0490. The van der Waals surface area contributed by atoms with E-state index in [2.05, 4.69) is 10.1 Å². The number of nitrogens with one attached hydrogen (secondary N) is 1. The summed E-state index contributed by atoms with van der Waals surface area (Å²) in [5.74, 6) is 0.930. The maximum Gasteiger partial charge on any atom is 0.387 e. The Kier molecular flexibility index (Phi) is 5.97. The molecule has 2 aliphatic carbocycles. The average Bonchev–Trinajstić information content (AvgIpc) is 3.25. The van der Waals surface area contributed by atoms with E-state index >= 15 is 0 Å². The largest absolute Gasteiger partial charge is 0.449 e. The van der Waals surface area contributed by atoms with Crippen molar-refractivity contribution in [2.24, 2.45) is 17.8 Å². The van der Waals surface area contributed by atoms with Gasteiger partial charge in [0.25, 0.3) is 5.91 Å². The van der Waals surface area contributed by atoms with Crippen molar-refractivity contribution >= 4 is 11.9 Å². The zero-order chi connectivity index (χ0) is 19.6. The molecule has 0 saturated heterocycles. The molecule has 5 nitrogen and oxygen atoms in total. The number of benzene rings is 1. The molecule has 2 fully saturated rings. The molecular weight excluding hydrogens is 356 g/mol. The molecular formula is C20H25F2NO4. The first kappa shape index (κ1) is 19.6. The number of amides is 1. The highest BCUT2D eigenvalue weighted by molar-refractivity contribution is 5.92. The molecule has 0 radical (unpaired) electrons. The van der Waals surface area contributed by atoms with Crippen LogP contribution >= 0.6 is 0 Å². The molecule has 3 rings (SSSR count). The normalized spacial score (nSPS) is 25.9. The van der Waals surface area contributed by atoms with Gasteiger partial charge in [-0.15, -0.1) is 0 Å². The lowest BCUT2D eigenvalue weighted by Crippen LogP contribution is -2.45. The Morgan fingerprint density at radius 3 is 2.37 bits per heavy atom. The van der Waals surface area contributed by atoms with Gasteiger partial charge in [-0.1, -0.05) is 6.42 Å². The summed E-state index contributed by atoms with van der Waals surface area (Å²) in [7, 11) is 0. The number of ether oxygens (including phenoxy) is 2. The van der Waals surface area contributed by atoms with Crippen molar-refractivity contribution < 1.29 is 27.8 Å². The Morgan fingerprint density at radius 2 is 1.81 bits per heavy atom. The predicted octanol–water partition coefficient (Wildman–Crippen LogP) is 3.77. The number of fused-ring (bicyclic) bond motifs is 2. The highest BCUT2D eigenvalue weighted by Crippen LogP contribution is 2.49. The van der Waals surface area contributed by atoms with Gasteiger partial charge in [0.05, 0.1) is 5.56 Å². The summed E-state index contributed by atoms with van der Waals surface area (Å²) in [5, 5.41) is 2.97. The zero-order valence-electron chi connectivity index (χ0n) is 15.5. The second-order valence-corrected chi connectivity index (χ2v) is 7.59. The number of alkyl halides is 2. The number of hydrogen-bond acceptors (Lipinski definition) is 4. The Morgan fingerprint density at radius 1 is 1.11 bits per heavy atom. The molecule has 1 N–H and O–H groups in total. The third-order valence-corrected chi connectivity index (χ3v) is 5.77. The van der Waals surface area contributed by atoms with Gasteiger partial charge >= 0.3 is 12.6 Å². The smallest absolute Gasteiger partial charge is 0.387 e. The van der Waals surface area contributed by atoms with Crippen LogP contribution in [0.25, 0.3) is 0 Å². The average molecular weight is 381 g/mol. The lowest BCUT2D eigenvalue weighted by atomic mass is 9.84. The number of rotatable bonds is 7. The Balaban J connectivity index is 1.49. The summed E-state index contributed by atoms with van der Waals surface area (Å²) < 4.78 is 33.7. The maximum atomic E-state index is 12.4. The van der Waals surface area contributed by atoms with E-state index in [1.807, 2.05) is 6.92 Å². The van der Waals surface area contributed by atoms with E-state index in [9.17, 15) is 18.4 Å². The SMILES string of the molecule is C[C@H](OC(=O)c1ccc(OC(F)F)cc1)C(=O)N[C@H](C)[C@@H]1C[C@@H]2CC[C@@H]1C2. The highest BCUT2D eigenvalue weighted by Gasteiger charge is 2.42. The minimum atomic E-state index is -2.93. The van der Waals surface area contributed by atoms with Crippen LogP contribution in [0.4, 0.5) is 8.78 Å². The van der Waals surface area contributed by atoms with Crippen molar-refractivity contribution in [2.45, 2.75) is 58.3 Å². The van der Waals surface area contributed by atoms with Crippen molar-refractivity contribution in [3.8, 4) is 5.75 Å². The Labute approximate surface area is 157 Å². The number of carbonyl (C=O) groups excluding carboxylic acids is 2. The van der Waals surface area contributed by atoms with Crippen molar-refractivity contribution in [1.29, 1.82) is 0 Å². The first-order valence-corrected chi connectivity index (χ1v) is 9.39. The van der Waals surface area contributed by atoms with Crippen molar-refractivity contribution in [3.63, 3.8) is 0 Å². The Hall–Kier alpha value is -2.18. The molecule has 2 aliphatic rings. The zero-order valence-corrected chi connectivity index (χ0v) is 15.5. The maximum absolute atomic E-state index is 12.4. The van der Waals surface area contributed by atoms with Crippen LogP contribution in [0.1, 0.15) is 49.9 Å². The van der Waals surface area contributed by atoms with Crippen molar-refractivity contribution in [1.82, 2.24) is 5.32 Å². The van der Waals surface area contributed by atoms with Crippen LogP contribution in [-0.2, 0) is 9.53 Å². The summed E-state index contributed by atoms with van der Waals surface area (Å²) >= 11 is 0. The van der Waals surface area contributed by atoms with E-state index in [0.29, 0.717) is 11.8 Å². The van der Waals surface area contributed by atoms with Gasteiger partial charge in [0, 0.05) is 6.04 Å². The molecule has 7 heteroatoms. The number of halogens is 2. The molecule has 1 aromatic rings. The second kappa shape index (κ2) is 8.23. The Bertz CT molecular complexity index is 679. The predicted molar refractivity (Wildman–Crippen MR) is 94.5 cm³/mol. The van der Waals surface area contributed by atoms with Gasteiger partial charge in [-0.2, -0.15) is 8.78 Å². The van der Waals surface area contributed by atoms with Crippen LogP contribution in [-0.4, -0.2) is 30.6 Å². The molecule has 148 valence electrons. The molecule has 1 amide bonds. The van der Waals surface area contributed by atoms with Gasteiger partial charge in [0.15, 0.2) is 6.10 Å². The van der Waals surface area contributed by atoms with Crippen molar-refractivity contribution in [2.75, 3.05) is 0 Å². The lowest BCUT2D eigenvalue weighted by molar-refractivity contribution is -0.130. The molecule has 0 aliphatic heterocycles. The van der Waals surface area contributed by atoms with Crippen molar-refractivity contribution in [3.05, 3.63) is 29.8 Å². The van der Waals surface area contributed by atoms with Gasteiger partial charge in [-0.05, 0) is 75.1 Å². The molecule has 1 aromatic carbocycles. The molecule has 2 bridgehead atoms. The first-order valence-electron chi connectivity index (χ1n) is 9.39. The van der Waals surface area contributed by atoms with Gasteiger partial charge < -0.3 is 14.8 Å². The first-order chi connectivity index (χ1) is 12.8. The van der Waals surface area contributed by atoms with E-state index in [1.165, 1.54) is 50.5 Å². The summed E-state index contributed by atoms with van der Waals surface area (Å²) in [6.07, 6.45) is 4.03. The van der Waals surface area contributed by atoms with E-state index in [-0.39, 0.29) is 23.3 Å². The summed E-state index contributed by atoms with van der Waals surface area (Å²) in [6, 6.07) is 5.21. The number of hydrogen-bond donors (Lipinski definition) is 1. The van der Waals surface area contributed by atoms with Gasteiger partial charge in [0.2, 0.25) is 0 Å². The quantitative estimate of drug-likeness (QED) is 0.730. The highest BCUT2D eigenvalue weighted by atomic mass is 19.3. The number of esters is 1. The topological polar surface area (TPSA) is 64.6 Å². The van der Waals surface area contributed by atoms with Crippen LogP contribution in [0, 0.1) is 17.8 Å². The molecule has 0 aromatic heterocycles. The van der Waals surface area contributed by atoms with Crippen LogP contribution in [0.15, 0.2) is 24.3 Å². The van der Waals surface area contributed by atoms with E-state index in [4.69, 9.17) is 4.74 Å². The third kappa shape index (κ3) is 4.76. The monoisotopic (exact) mass is 381 g/mol. The second-order valence-electron chi connectivity index (χ2n) is 7.59. The van der Waals surface area contributed by atoms with Gasteiger partial charge in [0.1, 0.15) is 5.75 Å². The minimum Gasteiger partial charge on any atom is -0.449 e. The van der Waals surface area contributed by atoms with E-state index < -0.39 is 18.7 Å². The van der Waals surface area contributed by atoms with Gasteiger partial charge in [-0.25, -0.2) is 4.79 Å². The molecule has 27 heavy (non-hydrogen) atoms. The fourth-order valence-electron chi connectivity index (χ4n) is 4.41. The van der Waals surface area contributed by atoms with E-state index in [0.717, 1.165) is 12.3 Å². The molecule has 0 unspecified atom stereocenters. The van der Waals surface area contributed by atoms with Crippen LogP contribution < -0.4 is 10.1 Å².